The highest BCUT2D eigenvalue weighted by Crippen LogP contribution is 2.32. The second-order valence-corrected chi connectivity index (χ2v) is 18.7. The lowest BCUT2D eigenvalue weighted by molar-refractivity contribution is 0.105. The number of carbonyl (C=O) groups is 3. The Morgan fingerprint density at radius 2 is 0.891 bits per heavy atom. The summed E-state index contributed by atoms with van der Waals surface area (Å²) in [6.07, 6.45) is 1.78. The maximum atomic E-state index is 13.5. The lowest BCUT2D eigenvalue weighted by atomic mass is 9.94. The number of ketones is 2. The van der Waals surface area contributed by atoms with Crippen LogP contribution in [0.3, 0.4) is 0 Å². The van der Waals surface area contributed by atoms with Crippen LogP contribution in [0.1, 0.15) is 45.7 Å². The predicted molar refractivity (Wildman–Crippen MR) is 230 cm³/mol. The molecule has 8 N–H and O–H groups in total. The molecule has 64 heavy (non-hydrogen) atoms. The van der Waals surface area contributed by atoms with E-state index < -0.39 is 89.1 Å². The first kappa shape index (κ1) is 46.6. The molecule has 0 fully saturated rings. The Labute approximate surface area is 363 Å². The first-order valence-electron chi connectivity index (χ1n) is 17.9. The third kappa shape index (κ3) is 10.3. The molecule has 0 spiro atoms. The van der Waals surface area contributed by atoms with Gasteiger partial charge in [-0.1, -0.05) is 0 Å². The fourth-order valence-electron chi connectivity index (χ4n) is 6.08. The van der Waals surface area contributed by atoms with Gasteiger partial charge < -0.3 is 20.1 Å². The van der Waals surface area contributed by atoms with Crippen molar-refractivity contribution in [1.29, 1.82) is 0 Å². The largest absolute Gasteiger partial charge is 0.492 e. The van der Waals surface area contributed by atoms with E-state index in [4.69, 9.17) is 9.47 Å². The van der Waals surface area contributed by atoms with Crippen LogP contribution in [0.15, 0.2) is 103 Å². The number of hydrogen-bond acceptors (Lipinski definition) is 17. The summed E-state index contributed by atoms with van der Waals surface area (Å²) < 4.78 is 147. The minimum absolute atomic E-state index is 0.00748. The van der Waals surface area contributed by atoms with Gasteiger partial charge in [0, 0.05) is 22.5 Å². The second-order valence-electron chi connectivity index (χ2n) is 13.1. The molecule has 0 saturated carbocycles. The number of amides is 2. The van der Waals surface area contributed by atoms with E-state index in [0.29, 0.717) is 0 Å². The quantitative estimate of drug-likeness (QED) is 0.0641. The Balaban J connectivity index is 1.22. The summed E-state index contributed by atoms with van der Waals surface area (Å²) in [5, 5.41) is 12.5. The molecule has 6 rings (SSSR count). The molecule has 0 radical (unpaired) electrons. The van der Waals surface area contributed by atoms with Crippen molar-refractivity contribution in [2.24, 2.45) is 10.2 Å². The van der Waals surface area contributed by atoms with E-state index in [1.165, 1.54) is 60.7 Å². The van der Waals surface area contributed by atoms with Gasteiger partial charge in [-0.2, -0.15) is 43.9 Å². The number of urea groups is 1. The number of fused-ring (bicyclic) bond motifs is 2. The van der Waals surface area contributed by atoms with Crippen LogP contribution in [-0.2, 0) is 40.5 Å². The topological polar surface area (TPSA) is 360 Å². The second kappa shape index (κ2) is 17.7. The summed E-state index contributed by atoms with van der Waals surface area (Å²) in [5.74, 6) is -2.42. The summed E-state index contributed by atoms with van der Waals surface area (Å²) in [5.41, 5.74) is 2.34. The van der Waals surface area contributed by atoms with E-state index in [1.54, 1.807) is 13.8 Å². The van der Waals surface area contributed by atoms with Crippen LogP contribution in [0.4, 0.5) is 27.5 Å². The number of carbonyl (C=O) groups excluding carboxylic acids is 3. The van der Waals surface area contributed by atoms with Crippen molar-refractivity contribution in [3.8, 4) is 11.5 Å². The standard InChI is InChI=1S/C37H32N6O17S4/c1-3-59-27-11-7-23(17-29(27)61(47,48)49)40-42-33-31(63(53,54)55)15-19-13-21(5-9-25(19)35(33)44)38-37(46)39-22-6-10-26-20(14-22)16-32(64(56,57)58)34(36(26)45)43-41-24-8-12-28(60-4-2)30(18-24)62(50,51)52/h5-18,40-41H,3-4H2,1-2H3,(H2,38,39,46)(H,47,48,49)(H,50,51,52)(H,53,54,55)(H,56,57,58). The molecular formula is C37H32N6O17S4. The van der Waals surface area contributed by atoms with E-state index in [2.05, 4.69) is 31.7 Å². The van der Waals surface area contributed by atoms with Gasteiger partial charge in [-0.15, -0.1) is 0 Å². The van der Waals surface area contributed by atoms with Gasteiger partial charge in [-0.05, 0) is 110 Å². The molecule has 4 aromatic rings. The van der Waals surface area contributed by atoms with Gasteiger partial charge in [0.05, 0.1) is 24.6 Å². The van der Waals surface area contributed by atoms with E-state index >= 15 is 0 Å². The van der Waals surface area contributed by atoms with Crippen LogP contribution in [0.5, 0.6) is 11.5 Å². The van der Waals surface area contributed by atoms with Crippen LogP contribution in [-0.4, -0.2) is 94.1 Å². The Morgan fingerprint density at radius 3 is 1.22 bits per heavy atom. The van der Waals surface area contributed by atoms with Gasteiger partial charge in [0.1, 0.15) is 31.1 Å². The van der Waals surface area contributed by atoms with Crippen molar-refractivity contribution in [3.63, 3.8) is 0 Å². The molecule has 4 aromatic carbocycles. The fraction of sp³-hybridized carbons (Fsp3) is 0.108. The molecule has 2 amide bonds. The van der Waals surface area contributed by atoms with E-state index in [0.717, 1.165) is 24.3 Å². The molecular weight excluding hydrogens is 929 g/mol. The first-order valence-corrected chi connectivity index (χ1v) is 23.7. The number of nitrogens with one attached hydrogen (secondary N) is 4. The van der Waals surface area contributed by atoms with Crippen molar-refractivity contribution < 1.29 is 75.7 Å². The number of hydrazone groups is 2. The maximum Gasteiger partial charge on any atom is 0.323 e. The third-order valence-electron chi connectivity index (χ3n) is 8.77. The molecule has 0 atom stereocenters. The summed E-state index contributed by atoms with van der Waals surface area (Å²) >= 11 is 0. The summed E-state index contributed by atoms with van der Waals surface area (Å²) in [7, 11) is -19.9. The third-order valence-corrected chi connectivity index (χ3v) is 12.3. The highest BCUT2D eigenvalue weighted by Gasteiger charge is 2.35. The van der Waals surface area contributed by atoms with Crippen molar-refractivity contribution in [2.75, 3.05) is 34.7 Å². The van der Waals surface area contributed by atoms with E-state index in [-0.39, 0.29) is 69.7 Å². The number of ether oxygens (including phenoxy) is 2. The Kier molecular flexibility index (Phi) is 12.9. The maximum absolute atomic E-state index is 13.5. The van der Waals surface area contributed by atoms with Crippen LogP contribution < -0.4 is 31.0 Å². The van der Waals surface area contributed by atoms with Crippen LogP contribution >= 0.6 is 0 Å². The Morgan fingerprint density at radius 1 is 0.531 bits per heavy atom. The molecule has 0 aromatic heterocycles. The number of anilines is 4. The number of benzene rings is 4. The minimum atomic E-state index is -5.14. The number of rotatable bonds is 14. The van der Waals surface area contributed by atoms with E-state index in [1.807, 2.05) is 0 Å². The molecule has 27 heteroatoms. The lowest BCUT2D eigenvalue weighted by Gasteiger charge is -2.18. The zero-order valence-corrected chi connectivity index (χ0v) is 35.9. The zero-order valence-electron chi connectivity index (χ0n) is 32.6. The first-order chi connectivity index (χ1) is 29.9. The van der Waals surface area contributed by atoms with Gasteiger partial charge in [-0.25, -0.2) is 4.79 Å². The number of allylic oxidation sites excluding steroid dienone is 2. The highest BCUT2D eigenvalue weighted by atomic mass is 32.2. The highest BCUT2D eigenvalue weighted by molar-refractivity contribution is 7.91. The molecule has 23 nitrogen and oxygen atoms in total. The van der Waals surface area contributed by atoms with Gasteiger partial charge >= 0.3 is 6.03 Å². The predicted octanol–water partition coefficient (Wildman–Crippen LogP) is 4.41. The molecule has 0 unspecified atom stereocenters. The van der Waals surface area contributed by atoms with Crippen LogP contribution in [0.2, 0.25) is 0 Å². The number of Topliss-reactive ketones (excluding diaryl/α,β-unsaturated/α-hetero) is 2. The van der Waals surface area contributed by atoms with Gasteiger partial charge in [0.2, 0.25) is 11.6 Å². The Hall–Kier alpha value is -6.85. The Bertz CT molecular complexity index is 3040. The van der Waals surface area contributed by atoms with Gasteiger partial charge in [0.25, 0.3) is 40.5 Å². The SMILES string of the molecule is CCOc1ccc(NN=C2C(=O)c3ccc(NC(=O)Nc4ccc5c(c4)C=C(S(=O)(=O)O)C(=NNc4ccc(OCC)c(S(=O)(=O)O)c4)C5=O)cc3C=C2S(=O)(=O)O)cc1S(=O)(=O)O. The number of hydrogen-bond donors (Lipinski definition) is 8. The zero-order chi connectivity index (χ0) is 46.9. The normalized spacial score (nSPS) is 15.4. The summed E-state index contributed by atoms with van der Waals surface area (Å²) in [6.45, 7) is 3.24. The molecule has 0 bridgehead atoms. The lowest BCUT2D eigenvalue weighted by Crippen LogP contribution is -2.27. The monoisotopic (exact) mass is 960 g/mol. The van der Waals surface area contributed by atoms with Crippen molar-refractivity contribution in [3.05, 3.63) is 105 Å². The number of nitrogens with zero attached hydrogens (tertiary/aromatic N) is 2. The molecule has 336 valence electrons. The van der Waals surface area contributed by atoms with Crippen molar-refractivity contribution >= 4 is 104 Å². The van der Waals surface area contributed by atoms with Gasteiger partial charge in [0.15, 0.2) is 11.4 Å². The van der Waals surface area contributed by atoms with Gasteiger partial charge in [-0.3, -0.25) is 38.7 Å². The fourth-order valence-corrected chi connectivity index (χ4v) is 8.71. The van der Waals surface area contributed by atoms with Crippen molar-refractivity contribution in [1.82, 2.24) is 0 Å². The van der Waals surface area contributed by atoms with Crippen molar-refractivity contribution in [2.45, 2.75) is 23.6 Å². The van der Waals surface area contributed by atoms with Crippen LogP contribution in [0.25, 0.3) is 12.2 Å². The minimum Gasteiger partial charge on any atom is -0.492 e. The summed E-state index contributed by atoms with van der Waals surface area (Å²) in [4.78, 5) is 36.8. The molecule has 2 aliphatic rings. The molecule has 0 saturated heterocycles. The smallest absolute Gasteiger partial charge is 0.323 e. The average molecular weight is 961 g/mol. The van der Waals surface area contributed by atoms with E-state index in [9.17, 15) is 66.3 Å². The van der Waals surface area contributed by atoms with Crippen LogP contribution in [0, 0.1) is 0 Å². The molecule has 2 aliphatic carbocycles. The average Bonchev–Trinajstić information content (AvgIpc) is 3.19. The molecule has 0 aliphatic heterocycles. The summed E-state index contributed by atoms with van der Waals surface area (Å²) in [6, 6.07) is 13.1. The molecule has 0 heterocycles.